The van der Waals surface area contributed by atoms with Crippen LogP contribution in [0.5, 0.6) is 0 Å². The van der Waals surface area contributed by atoms with Gasteiger partial charge in [0.05, 0.1) is 19.8 Å². The van der Waals surface area contributed by atoms with Crippen LogP contribution in [0.2, 0.25) is 0 Å². The van der Waals surface area contributed by atoms with Gasteiger partial charge in [0.15, 0.2) is 0 Å². The SMILES string of the molecule is CCCCOP(=O)(O)OC[C@H]1O[C@@H](n2cc(C)c(=O)[nH]c2=O)CC1OP(=O)(O)OCCCC. The molecule has 1 aromatic rings. The topological polar surface area (TPSA) is 176 Å². The summed E-state index contributed by atoms with van der Waals surface area (Å²) in [5, 5.41) is 0. The van der Waals surface area contributed by atoms with Crippen LogP contribution in [-0.4, -0.2) is 51.4 Å². The van der Waals surface area contributed by atoms with Crippen molar-refractivity contribution in [1.29, 1.82) is 0 Å². The minimum atomic E-state index is -4.49. The summed E-state index contributed by atoms with van der Waals surface area (Å²) in [4.78, 5) is 45.9. The number of aromatic amines is 1. The third-order valence-corrected chi connectivity index (χ3v) is 6.84. The maximum absolute atomic E-state index is 12.3. The molecule has 0 radical (unpaired) electrons. The summed E-state index contributed by atoms with van der Waals surface area (Å²) in [6.07, 6.45) is 0.547. The lowest BCUT2D eigenvalue weighted by atomic mass is 10.2. The molecule has 0 aromatic carbocycles. The minimum absolute atomic E-state index is 0.00185. The summed E-state index contributed by atoms with van der Waals surface area (Å²) < 4.78 is 51.3. The lowest BCUT2D eigenvalue weighted by Gasteiger charge is -2.22. The highest BCUT2D eigenvalue weighted by atomic mass is 31.2. The molecule has 1 aliphatic heterocycles. The molecule has 2 rings (SSSR count). The van der Waals surface area contributed by atoms with E-state index < -0.39 is 51.9 Å². The van der Waals surface area contributed by atoms with Crippen molar-refractivity contribution in [2.45, 2.75) is 71.3 Å². The Morgan fingerprint density at radius 2 is 1.70 bits per heavy atom. The van der Waals surface area contributed by atoms with Gasteiger partial charge >= 0.3 is 21.3 Å². The number of phosphoric ester groups is 2. The van der Waals surface area contributed by atoms with Gasteiger partial charge in [-0.05, 0) is 19.8 Å². The molecule has 190 valence electrons. The zero-order chi connectivity index (χ0) is 24.6. The molecule has 2 heterocycles. The second-order valence-electron chi connectivity index (χ2n) is 7.59. The van der Waals surface area contributed by atoms with Crippen LogP contribution in [0.4, 0.5) is 0 Å². The van der Waals surface area contributed by atoms with E-state index in [1.807, 2.05) is 13.8 Å². The Morgan fingerprint density at radius 1 is 1.09 bits per heavy atom. The van der Waals surface area contributed by atoms with E-state index >= 15 is 0 Å². The number of nitrogens with one attached hydrogen (secondary N) is 1. The second kappa shape index (κ2) is 12.5. The minimum Gasteiger partial charge on any atom is -0.349 e. The van der Waals surface area contributed by atoms with Gasteiger partial charge in [-0.25, -0.2) is 13.9 Å². The lowest BCUT2D eigenvalue weighted by Crippen LogP contribution is -2.33. The first-order valence-corrected chi connectivity index (χ1v) is 13.7. The highest BCUT2D eigenvalue weighted by molar-refractivity contribution is 7.47. The van der Waals surface area contributed by atoms with Crippen LogP contribution in [0.25, 0.3) is 0 Å². The van der Waals surface area contributed by atoms with Gasteiger partial charge < -0.3 is 14.5 Å². The third-order valence-electron chi connectivity index (χ3n) is 4.81. The van der Waals surface area contributed by atoms with Gasteiger partial charge in [0.1, 0.15) is 18.4 Å². The van der Waals surface area contributed by atoms with E-state index in [1.54, 1.807) is 0 Å². The molecule has 0 spiro atoms. The first-order valence-electron chi connectivity index (χ1n) is 10.7. The van der Waals surface area contributed by atoms with Crippen LogP contribution in [-0.2, 0) is 32.0 Å². The molecule has 0 saturated carbocycles. The van der Waals surface area contributed by atoms with Crippen LogP contribution >= 0.6 is 15.6 Å². The predicted molar refractivity (Wildman–Crippen MR) is 117 cm³/mol. The van der Waals surface area contributed by atoms with Gasteiger partial charge in [0.25, 0.3) is 5.56 Å². The van der Waals surface area contributed by atoms with Crippen LogP contribution in [0.3, 0.4) is 0 Å². The molecular weight excluding hydrogens is 482 g/mol. The molecule has 0 aliphatic carbocycles. The number of rotatable bonds is 14. The number of H-pyrrole nitrogens is 1. The fourth-order valence-corrected chi connectivity index (χ4v) is 4.74. The van der Waals surface area contributed by atoms with E-state index in [-0.39, 0.29) is 25.2 Å². The van der Waals surface area contributed by atoms with Gasteiger partial charge in [0, 0.05) is 18.2 Å². The zero-order valence-electron chi connectivity index (χ0n) is 18.9. The van der Waals surface area contributed by atoms with Crippen LogP contribution in [0, 0.1) is 6.92 Å². The van der Waals surface area contributed by atoms with Gasteiger partial charge in [0.2, 0.25) is 0 Å². The molecule has 13 nitrogen and oxygen atoms in total. The molecule has 1 aromatic heterocycles. The van der Waals surface area contributed by atoms with Crippen LogP contribution in [0.1, 0.15) is 57.7 Å². The smallest absolute Gasteiger partial charge is 0.349 e. The Bertz CT molecular complexity index is 979. The van der Waals surface area contributed by atoms with E-state index in [2.05, 4.69) is 4.98 Å². The van der Waals surface area contributed by atoms with Gasteiger partial charge in [-0.1, -0.05) is 26.7 Å². The molecule has 1 aliphatic rings. The quantitative estimate of drug-likeness (QED) is 0.245. The summed E-state index contributed by atoms with van der Waals surface area (Å²) in [6, 6.07) is 0. The predicted octanol–water partition coefficient (Wildman–Crippen LogP) is 2.37. The molecule has 1 saturated heterocycles. The summed E-state index contributed by atoms with van der Waals surface area (Å²) in [5.41, 5.74) is -1.06. The maximum atomic E-state index is 12.3. The Balaban J connectivity index is 2.17. The lowest BCUT2D eigenvalue weighted by molar-refractivity contribution is -0.0469. The number of nitrogens with zero attached hydrogens (tertiary/aromatic N) is 1. The fourth-order valence-electron chi connectivity index (χ4n) is 2.99. The van der Waals surface area contributed by atoms with Crippen molar-refractivity contribution in [3.8, 4) is 0 Å². The Morgan fingerprint density at radius 3 is 2.30 bits per heavy atom. The average Bonchev–Trinajstić information content (AvgIpc) is 3.11. The highest BCUT2D eigenvalue weighted by Gasteiger charge is 2.43. The van der Waals surface area contributed by atoms with Crippen molar-refractivity contribution in [3.63, 3.8) is 0 Å². The Hall–Kier alpha value is -1.14. The molecule has 1 fully saturated rings. The standard InChI is InChI=1S/C18H32N2O11P2/c1-4-6-8-27-32(23,24)29-12-15-14(31-33(25,26)28-9-7-5-2)10-16(30-15)20-11-13(3)17(21)19-18(20)22/h11,14-16H,4-10,12H2,1-3H3,(H,23,24)(H,25,26)(H,19,21,22)/t14?,15-,16-/m1/s1. The molecule has 33 heavy (non-hydrogen) atoms. The van der Waals surface area contributed by atoms with Crippen molar-refractivity contribution in [3.05, 3.63) is 32.6 Å². The normalized spacial score (nSPS) is 24.5. The molecule has 0 amide bonds. The summed E-state index contributed by atoms with van der Waals surface area (Å²) in [5.74, 6) is 0. The fraction of sp³-hybridized carbons (Fsp3) is 0.778. The van der Waals surface area contributed by atoms with Crippen molar-refractivity contribution in [2.24, 2.45) is 0 Å². The van der Waals surface area contributed by atoms with E-state index in [0.717, 1.165) is 17.4 Å². The Labute approximate surface area is 191 Å². The molecule has 3 N–H and O–H groups in total. The van der Waals surface area contributed by atoms with Crippen molar-refractivity contribution >= 4 is 15.6 Å². The number of phosphoric acid groups is 2. The summed E-state index contributed by atoms with van der Waals surface area (Å²) >= 11 is 0. The second-order valence-corrected chi connectivity index (χ2v) is 10.5. The average molecular weight is 514 g/mol. The number of aryl methyl sites for hydroxylation is 1. The number of ether oxygens (including phenoxy) is 1. The molecule has 0 bridgehead atoms. The van der Waals surface area contributed by atoms with Crippen molar-refractivity contribution in [2.75, 3.05) is 19.8 Å². The summed E-state index contributed by atoms with van der Waals surface area (Å²) in [6.45, 7) is 4.76. The first kappa shape index (κ1) is 28.1. The van der Waals surface area contributed by atoms with E-state index in [9.17, 15) is 28.5 Å². The monoisotopic (exact) mass is 514 g/mol. The van der Waals surface area contributed by atoms with Gasteiger partial charge in [-0.2, -0.15) is 0 Å². The maximum Gasteiger partial charge on any atom is 0.472 e. The molecule has 3 unspecified atom stereocenters. The number of aromatic nitrogens is 2. The third kappa shape index (κ3) is 8.86. The number of hydrogen-bond acceptors (Lipinski definition) is 9. The van der Waals surface area contributed by atoms with Gasteiger partial charge in [-0.3, -0.25) is 32.4 Å². The highest BCUT2D eigenvalue weighted by Crippen LogP contribution is 2.49. The summed E-state index contributed by atoms with van der Waals surface area (Å²) in [7, 11) is -8.89. The molecular formula is C18H32N2O11P2. The zero-order valence-corrected chi connectivity index (χ0v) is 20.7. The number of hydrogen-bond donors (Lipinski definition) is 3. The van der Waals surface area contributed by atoms with E-state index in [0.29, 0.717) is 12.8 Å². The van der Waals surface area contributed by atoms with E-state index in [4.69, 9.17) is 22.8 Å². The molecule has 15 heteroatoms. The van der Waals surface area contributed by atoms with Crippen LogP contribution < -0.4 is 11.2 Å². The molecule has 5 atom stereocenters. The largest absolute Gasteiger partial charge is 0.472 e. The van der Waals surface area contributed by atoms with Gasteiger partial charge in [-0.15, -0.1) is 0 Å². The first-order chi connectivity index (χ1) is 15.5. The van der Waals surface area contributed by atoms with Crippen molar-refractivity contribution in [1.82, 2.24) is 9.55 Å². The number of unbranched alkanes of at least 4 members (excludes halogenated alkanes) is 2. The Kier molecular flexibility index (Phi) is 10.7. The van der Waals surface area contributed by atoms with Crippen molar-refractivity contribution < 1.29 is 41.7 Å². The van der Waals surface area contributed by atoms with E-state index in [1.165, 1.54) is 13.1 Å². The van der Waals surface area contributed by atoms with Crippen LogP contribution in [0.15, 0.2) is 15.8 Å².